The van der Waals surface area contributed by atoms with Gasteiger partial charge in [0.05, 0.1) is 16.9 Å². The van der Waals surface area contributed by atoms with Gasteiger partial charge in [-0.2, -0.15) is 5.10 Å². The van der Waals surface area contributed by atoms with Crippen molar-refractivity contribution in [3.8, 4) is 22.8 Å². The quantitative estimate of drug-likeness (QED) is 0.512. The Morgan fingerprint density at radius 1 is 1.10 bits per heavy atom. The molecule has 0 aliphatic heterocycles. The zero-order valence-corrected chi connectivity index (χ0v) is 16.5. The summed E-state index contributed by atoms with van der Waals surface area (Å²) in [6.45, 7) is 0. The summed E-state index contributed by atoms with van der Waals surface area (Å²) in [5.41, 5.74) is 8.96. The number of nitrogens with two attached hydrogens (primary N) is 1. The van der Waals surface area contributed by atoms with Gasteiger partial charge in [-0.25, -0.2) is 9.37 Å². The Kier molecular flexibility index (Phi) is 4.59. The third-order valence-electron chi connectivity index (χ3n) is 5.68. The lowest BCUT2D eigenvalue weighted by Gasteiger charge is -2.35. The molecular formula is C23H22FN5O. The number of anilines is 1. The monoisotopic (exact) mass is 403 g/mol. The van der Waals surface area contributed by atoms with Gasteiger partial charge in [0, 0.05) is 23.9 Å². The molecule has 5 rings (SSSR count). The molecule has 0 radical (unpaired) electrons. The molecule has 152 valence electrons. The second kappa shape index (κ2) is 7.42. The molecule has 4 aromatic rings. The first kappa shape index (κ1) is 18.6. The van der Waals surface area contributed by atoms with E-state index in [-0.39, 0.29) is 5.82 Å². The summed E-state index contributed by atoms with van der Waals surface area (Å²) in [6.07, 6.45) is 3.80. The zero-order chi connectivity index (χ0) is 20.7. The topological polar surface area (TPSA) is 78.0 Å². The number of rotatable bonds is 5. The number of nitrogen functional groups attached to an aromatic ring is 1. The largest absolute Gasteiger partial charge is 0.457 e. The summed E-state index contributed by atoms with van der Waals surface area (Å²) in [7, 11) is 1.99. The van der Waals surface area contributed by atoms with Crippen LogP contribution in [-0.4, -0.2) is 27.9 Å². The third-order valence-corrected chi connectivity index (χ3v) is 5.68. The molecule has 1 aliphatic carbocycles. The van der Waals surface area contributed by atoms with Crippen LogP contribution in [-0.2, 0) is 0 Å². The molecule has 0 unspecified atom stereocenters. The second-order valence-corrected chi connectivity index (χ2v) is 7.58. The van der Waals surface area contributed by atoms with Crippen molar-refractivity contribution in [2.24, 2.45) is 0 Å². The maximum atomic E-state index is 13.4. The molecule has 2 aromatic carbocycles. The number of nitrogens with zero attached hydrogens (tertiary/aromatic N) is 3. The molecule has 0 bridgehead atoms. The van der Waals surface area contributed by atoms with E-state index in [2.05, 4.69) is 15.0 Å². The van der Waals surface area contributed by atoms with E-state index in [0.29, 0.717) is 29.4 Å². The van der Waals surface area contributed by atoms with E-state index in [1.54, 1.807) is 18.3 Å². The zero-order valence-electron chi connectivity index (χ0n) is 16.5. The fourth-order valence-corrected chi connectivity index (χ4v) is 3.96. The van der Waals surface area contributed by atoms with Crippen LogP contribution in [0.1, 0.15) is 18.9 Å². The summed E-state index contributed by atoms with van der Waals surface area (Å²) in [5.74, 6) is 1.21. The van der Waals surface area contributed by atoms with Gasteiger partial charge in [0.25, 0.3) is 0 Å². The fraction of sp³-hybridized carbons (Fsp3) is 0.217. The van der Waals surface area contributed by atoms with Gasteiger partial charge in [-0.05, 0) is 62.4 Å². The van der Waals surface area contributed by atoms with Gasteiger partial charge >= 0.3 is 0 Å². The molecule has 1 saturated carbocycles. The summed E-state index contributed by atoms with van der Waals surface area (Å²) in [5, 5.41) is 9.09. The average Bonchev–Trinajstić information content (AvgIpc) is 3.09. The SMILES string of the molecule is CNC1CC(n2nc(-c3ccc(Oc4cccc(F)c4)cc3)c3c(N)nccc32)C1. The fourth-order valence-electron chi connectivity index (χ4n) is 3.96. The van der Waals surface area contributed by atoms with Crippen LogP contribution in [0.15, 0.2) is 60.8 Å². The molecule has 0 amide bonds. The lowest BCUT2D eigenvalue weighted by molar-refractivity contribution is 0.225. The standard InChI is InChI=1S/C23H22FN5O/c1-26-16-12-17(13-16)29-20-9-10-27-23(25)21(20)22(28-29)14-5-7-18(8-6-14)30-19-4-2-3-15(24)11-19/h2-11,16-17,26H,12-13H2,1H3,(H2,25,27). The summed E-state index contributed by atoms with van der Waals surface area (Å²) in [6, 6.07) is 16.5. The van der Waals surface area contributed by atoms with Crippen molar-refractivity contribution in [2.45, 2.75) is 24.9 Å². The smallest absolute Gasteiger partial charge is 0.135 e. The highest BCUT2D eigenvalue weighted by molar-refractivity contribution is 6.00. The highest BCUT2D eigenvalue weighted by Gasteiger charge is 2.32. The van der Waals surface area contributed by atoms with Gasteiger partial charge in [-0.15, -0.1) is 0 Å². The first-order valence-corrected chi connectivity index (χ1v) is 9.96. The van der Waals surface area contributed by atoms with Crippen LogP contribution in [0.25, 0.3) is 22.2 Å². The number of aromatic nitrogens is 3. The van der Waals surface area contributed by atoms with Crippen LogP contribution in [0.3, 0.4) is 0 Å². The Labute approximate surface area is 173 Å². The van der Waals surface area contributed by atoms with E-state index in [1.807, 2.05) is 37.4 Å². The molecular weight excluding hydrogens is 381 g/mol. The molecule has 0 atom stereocenters. The van der Waals surface area contributed by atoms with Crippen LogP contribution >= 0.6 is 0 Å². The summed E-state index contributed by atoms with van der Waals surface area (Å²) in [4.78, 5) is 4.27. The maximum Gasteiger partial charge on any atom is 0.135 e. The van der Waals surface area contributed by atoms with Crippen molar-refractivity contribution in [1.29, 1.82) is 0 Å². The van der Waals surface area contributed by atoms with Crippen LogP contribution in [0, 0.1) is 5.82 Å². The Bertz CT molecular complexity index is 1200. The predicted octanol–water partition coefficient (Wildman–Crippen LogP) is 4.53. The van der Waals surface area contributed by atoms with Crippen molar-refractivity contribution in [3.05, 3.63) is 66.6 Å². The van der Waals surface area contributed by atoms with Gasteiger partial charge in [-0.3, -0.25) is 4.68 Å². The first-order valence-electron chi connectivity index (χ1n) is 9.96. The number of hydrogen-bond donors (Lipinski definition) is 2. The minimum Gasteiger partial charge on any atom is -0.457 e. The molecule has 6 nitrogen and oxygen atoms in total. The van der Waals surface area contributed by atoms with Crippen molar-refractivity contribution < 1.29 is 9.13 Å². The molecule has 1 fully saturated rings. The van der Waals surface area contributed by atoms with Crippen LogP contribution < -0.4 is 15.8 Å². The summed E-state index contributed by atoms with van der Waals surface area (Å²) < 4.78 is 21.2. The van der Waals surface area contributed by atoms with E-state index >= 15 is 0 Å². The Balaban J connectivity index is 1.48. The van der Waals surface area contributed by atoms with Gasteiger partial charge in [0.15, 0.2) is 0 Å². The van der Waals surface area contributed by atoms with Crippen LogP contribution in [0.5, 0.6) is 11.5 Å². The normalized spacial score (nSPS) is 18.3. The predicted molar refractivity (Wildman–Crippen MR) is 115 cm³/mol. The van der Waals surface area contributed by atoms with Crippen LogP contribution in [0.2, 0.25) is 0 Å². The number of benzene rings is 2. The number of halogens is 1. The van der Waals surface area contributed by atoms with E-state index in [4.69, 9.17) is 15.6 Å². The van der Waals surface area contributed by atoms with E-state index in [9.17, 15) is 4.39 Å². The van der Waals surface area contributed by atoms with Gasteiger partial charge < -0.3 is 15.8 Å². The third kappa shape index (κ3) is 3.27. The minimum atomic E-state index is -0.333. The van der Waals surface area contributed by atoms with E-state index in [1.165, 1.54) is 12.1 Å². The maximum absolute atomic E-state index is 13.4. The molecule has 30 heavy (non-hydrogen) atoms. The van der Waals surface area contributed by atoms with Crippen LogP contribution in [0.4, 0.5) is 10.2 Å². The molecule has 2 aromatic heterocycles. The first-order chi connectivity index (χ1) is 14.6. The highest BCUT2D eigenvalue weighted by atomic mass is 19.1. The lowest BCUT2D eigenvalue weighted by Crippen LogP contribution is -2.40. The molecule has 0 spiro atoms. The number of nitrogens with one attached hydrogen (secondary N) is 1. The second-order valence-electron chi connectivity index (χ2n) is 7.58. The molecule has 1 aliphatic rings. The Hall–Kier alpha value is -3.45. The van der Waals surface area contributed by atoms with Gasteiger partial charge in [0.1, 0.15) is 28.8 Å². The average molecular weight is 403 g/mol. The Morgan fingerprint density at radius 2 is 1.90 bits per heavy atom. The van der Waals surface area contributed by atoms with Gasteiger partial charge in [-0.1, -0.05) is 6.07 Å². The molecule has 0 saturated heterocycles. The highest BCUT2D eigenvalue weighted by Crippen LogP contribution is 2.39. The van der Waals surface area contributed by atoms with Crippen molar-refractivity contribution in [1.82, 2.24) is 20.1 Å². The minimum absolute atomic E-state index is 0.333. The van der Waals surface area contributed by atoms with Crippen molar-refractivity contribution >= 4 is 16.7 Å². The number of ether oxygens (including phenoxy) is 1. The molecule has 7 heteroatoms. The summed E-state index contributed by atoms with van der Waals surface area (Å²) >= 11 is 0. The van der Waals surface area contributed by atoms with E-state index < -0.39 is 0 Å². The van der Waals surface area contributed by atoms with E-state index in [0.717, 1.165) is 35.0 Å². The number of hydrogen-bond acceptors (Lipinski definition) is 5. The lowest BCUT2D eigenvalue weighted by atomic mass is 9.87. The van der Waals surface area contributed by atoms with Crippen molar-refractivity contribution in [3.63, 3.8) is 0 Å². The number of fused-ring (bicyclic) bond motifs is 1. The number of pyridine rings is 1. The molecule has 3 N–H and O–H groups in total. The Morgan fingerprint density at radius 3 is 2.63 bits per heavy atom. The van der Waals surface area contributed by atoms with Crippen molar-refractivity contribution in [2.75, 3.05) is 12.8 Å². The molecule has 2 heterocycles. The van der Waals surface area contributed by atoms with Gasteiger partial charge in [0.2, 0.25) is 0 Å².